The highest BCUT2D eigenvalue weighted by molar-refractivity contribution is 6.13. The number of hydrogen-bond acceptors (Lipinski definition) is 9. The Morgan fingerprint density at radius 2 is 1.60 bits per heavy atom. The Hall–Kier alpha value is -7.21. The molecule has 7 heterocycles. The largest absolute Gasteiger partial charge is 0.508 e. The van der Waals surface area contributed by atoms with E-state index in [2.05, 4.69) is 45.1 Å². The van der Waals surface area contributed by atoms with Gasteiger partial charge in [-0.2, -0.15) is 5.26 Å². The predicted molar refractivity (Wildman–Crippen MR) is 280 cm³/mol. The van der Waals surface area contributed by atoms with Crippen molar-refractivity contribution in [1.29, 1.82) is 5.26 Å². The second-order valence-corrected chi connectivity index (χ2v) is 20.4. The van der Waals surface area contributed by atoms with Crippen molar-refractivity contribution in [3.8, 4) is 29.0 Å². The van der Waals surface area contributed by atoms with Crippen molar-refractivity contribution in [2.45, 2.75) is 90.8 Å². The molecule has 3 amide bonds. The van der Waals surface area contributed by atoms with Crippen LogP contribution >= 0.6 is 0 Å². The normalized spacial score (nSPS) is 17.2. The van der Waals surface area contributed by atoms with Crippen LogP contribution in [-0.2, 0) is 56.0 Å². The van der Waals surface area contributed by atoms with E-state index in [1.165, 1.54) is 12.0 Å². The molecule has 1 N–H and O–H groups in total. The number of phenols is 1. The van der Waals surface area contributed by atoms with Crippen LogP contribution in [0.1, 0.15) is 104 Å². The van der Waals surface area contributed by atoms with Crippen LogP contribution in [0.5, 0.6) is 11.6 Å². The zero-order valence-electron chi connectivity index (χ0n) is 42.6. The average molecular weight is 983 g/mol. The highest BCUT2D eigenvalue weighted by atomic mass is 16.5. The molecule has 0 saturated carbocycles. The third-order valence-corrected chi connectivity index (χ3v) is 16.0. The minimum Gasteiger partial charge on any atom is -0.508 e. The van der Waals surface area contributed by atoms with Crippen LogP contribution in [0.15, 0.2) is 91.1 Å². The first-order valence-electron chi connectivity index (χ1n) is 26.0. The van der Waals surface area contributed by atoms with Gasteiger partial charge in [-0.15, -0.1) is 0 Å². The lowest BCUT2D eigenvalue weighted by Gasteiger charge is -2.41. The summed E-state index contributed by atoms with van der Waals surface area (Å²) in [6.45, 7) is 10.2. The first-order valence-corrected chi connectivity index (χ1v) is 26.0. The van der Waals surface area contributed by atoms with E-state index in [1.54, 1.807) is 53.0 Å². The lowest BCUT2D eigenvalue weighted by molar-refractivity contribution is -0.131. The summed E-state index contributed by atoms with van der Waals surface area (Å²) in [5.74, 6) is 0.811. The van der Waals surface area contributed by atoms with Gasteiger partial charge in [0.05, 0.1) is 24.3 Å². The van der Waals surface area contributed by atoms with E-state index in [-0.39, 0.29) is 35.9 Å². The fourth-order valence-corrected chi connectivity index (χ4v) is 11.3. The number of aromatic hydroxyl groups is 1. The molecule has 10 rings (SSSR count). The molecule has 0 radical (unpaired) electrons. The molecule has 73 heavy (non-hydrogen) atoms. The van der Waals surface area contributed by atoms with Crippen molar-refractivity contribution in [3.05, 3.63) is 147 Å². The molecular formula is C59H66N8O6. The number of carbonyl (C=O) groups is 3. The van der Waals surface area contributed by atoms with Gasteiger partial charge in [-0.05, 0) is 154 Å². The Morgan fingerprint density at radius 1 is 0.836 bits per heavy atom. The first kappa shape index (κ1) is 49.4. The third kappa shape index (κ3) is 10.4. The second-order valence-electron chi connectivity index (χ2n) is 20.4. The van der Waals surface area contributed by atoms with Gasteiger partial charge in [0.1, 0.15) is 17.5 Å². The smallest absolute Gasteiger partial charge is 0.264 e. The van der Waals surface area contributed by atoms with Crippen LogP contribution < -0.4 is 9.64 Å². The van der Waals surface area contributed by atoms with E-state index in [4.69, 9.17) is 9.47 Å². The van der Waals surface area contributed by atoms with Gasteiger partial charge in [0.15, 0.2) is 0 Å². The number of aromatic nitrogens is 3. The number of amides is 3. The number of carbonyl (C=O) groups excluding carboxylic acids is 3. The zero-order valence-corrected chi connectivity index (χ0v) is 42.6. The number of pyridine rings is 1. The summed E-state index contributed by atoms with van der Waals surface area (Å²) in [4.78, 5) is 57.7. The number of nitrogens with zero attached hydrogens (tertiary/aromatic N) is 8. The Balaban J connectivity index is 0.986. The molecule has 0 bridgehead atoms. The summed E-state index contributed by atoms with van der Waals surface area (Å²) >= 11 is 0. The van der Waals surface area contributed by atoms with Crippen LogP contribution in [0, 0.1) is 31.1 Å². The number of fused-ring (bicyclic) bond motifs is 2. The molecule has 4 aliphatic rings. The summed E-state index contributed by atoms with van der Waals surface area (Å²) in [7, 11) is 3.73. The quantitative estimate of drug-likeness (QED) is 0.120. The molecule has 0 aliphatic carbocycles. The van der Waals surface area contributed by atoms with Crippen molar-refractivity contribution in [2.75, 3.05) is 50.9 Å². The summed E-state index contributed by atoms with van der Waals surface area (Å²) in [5, 5.41) is 20.3. The molecule has 0 spiro atoms. The van der Waals surface area contributed by atoms with Crippen molar-refractivity contribution in [2.24, 2.45) is 20.0 Å². The van der Waals surface area contributed by atoms with E-state index in [0.717, 1.165) is 105 Å². The van der Waals surface area contributed by atoms with Gasteiger partial charge in [-0.1, -0.05) is 36.8 Å². The maximum absolute atomic E-state index is 15.8. The van der Waals surface area contributed by atoms with Crippen molar-refractivity contribution >= 4 is 29.1 Å². The number of likely N-dealkylation sites (tertiary alicyclic amines) is 1. The first-order chi connectivity index (χ1) is 35.4. The molecule has 3 aromatic heterocycles. The number of hydrogen-bond donors (Lipinski definition) is 1. The SMILES string of the molecule is Cc1c(N(C(=O)c2cc(-c3cc4c(cc3C(=O)N3Cc5ccccc5C[C@H]3CN3CCCCC3)CN(C(=O)Cc3ccc(OCCC5CCOCC5)nc3)CC4)n(C)c2C)c2ccc(O)cc2)cc(C#N)n1C. The number of benzene rings is 3. The van der Waals surface area contributed by atoms with E-state index in [9.17, 15) is 15.2 Å². The molecule has 14 heteroatoms. The summed E-state index contributed by atoms with van der Waals surface area (Å²) < 4.78 is 15.2. The Morgan fingerprint density at radius 3 is 2.33 bits per heavy atom. The minimum absolute atomic E-state index is 0.0123. The number of nitriles is 1. The van der Waals surface area contributed by atoms with Crippen molar-refractivity contribution in [3.63, 3.8) is 0 Å². The fraction of sp³-hybridized carbons (Fsp3) is 0.407. The van der Waals surface area contributed by atoms with E-state index >= 15 is 9.59 Å². The van der Waals surface area contributed by atoms with Crippen LogP contribution in [0.4, 0.5) is 11.4 Å². The third-order valence-electron chi connectivity index (χ3n) is 16.0. The molecule has 14 nitrogen and oxygen atoms in total. The standard InChI is InChI=1S/C59H66N8O6/c1-39-51(59(71)67(47-13-15-50(68)16-14-47)54-32-48(34-60)62(3)40(54)2)33-55(63(39)4)52-30-44-18-24-65(57(69)28-42-12-17-56(61-35-42)73-27-21-41-19-25-72-26-20-41)36-46(44)31-53(52)58(70)66-37-45-11-7-6-10-43(45)29-49(66)38-64-22-8-5-9-23-64/h6-7,10-17,30-33,35,41,49,68H,5,8-9,18-29,36-38H2,1-4H3/t49-/m0/s1. The van der Waals surface area contributed by atoms with E-state index < -0.39 is 0 Å². The fourth-order valence-electron chi connectivity index (χ4n) is 11.3. The molecule has 6 aromatic rings. The van der Waals surface area contributed by atoms with Crippen LogP contribution in [0.2, 0.25) is 0 Å². The Labute approximate surface area is 428 Å². The second kappa shape index (κ2) is 21.5. The van der Waals surface area contributed by atoms with Gasteiger partial charge in [0.2, 0.25) is 11.8 Å². The molecule has 1 atom stereocenters. The molecule has 0 unspecified atom stereocenters. The van der Waals surface area contributed by atoms with Gasteiger partial charge >= 0.3 is 0 Å². The van der Waals surface area contributed by atoms with E-state index in [1.807, 2.05) is 60.7 Å². The molecule has 2 saturated heterocycles. The van der Waals surface area contributed by atoms with Gasteiger partial charge in [0.25, 0.3) is 11.8 Å². The maximum Gasteiger partial charge on any atom is 0.264 e. The molecule has 378 valence electrons. The minimum atomic E-state index is -0.319. The number of anilines is 2. The predicted octanol–water partition coefficient (Wildman–Crippen LogP) is 8.97. The summed E-state index contributed by atoms with van der Waals surface area (Å²) in [6.07, 6.45) is 9.88. The van der Waals surface area contributed by atoms with Gasteiger partial charge in [-0.3, -0.25) is 19.3 Å². The number of rotatable bonds is 13. The summed E-state index contributed by atoms with van der Waals surface area (Å²) in [5.41, 5.74) is 10.5. The lowest BCUT2D eigenvalue weighted by Crippen LogP contribution is -2.51. The topological polar surface area (TPSA) is 149 Å². The number of phenolic OH excluding ortho intramolecular Hbond substituents is 1. The van der Waals surface area contributed by atoms with Crippen molar-refractivity contribution < 1.29 is 29.0 Å². The monoisotopic (exact) mass is 983 g/mol. The highest BCUT2D eigenvalue weighted by Crippen LogP contribution is 2.39. The molecule has 3 aromatic carbocycles. The number of piperidine rings is 1. The van der Waals surface area contributed by atoms with Crippen LogP contribution in [-0.4, -0.2) is 104 Å². The lowest BCUT2D eigenvalue weighted by atomic mass is 9.89. The van der Waals surface area contributed by atoms with Crippen LogP contribution in [0.25, 0.3) is 11.3 Å². The average Bonchev–Trinajstić information content (AvgIpc) is 3.88. The summed E-state index contributed by atoms with van der Waals surface area (Å²) in [6, 6.07) is 28.6. The van der Waals surface area contributed by atoms with Gasteiger partial charge < -0.3 is 38.4 Å². The maximum atomic E-state index is 15.8. The van der Waals surface area contributed by atoms with Crippen LogP contribution in [0.3, 0.4) is 0 Å². The molecular weight excluding hydrogens is 917 g/mol. The Kier molecular flexibility index (Phi) is 14.5. The zero-order chi connectivity index (χ0) is 50.8. The molecule has 2 fully saturated rings. The van der Waals surface area contributed by atoms with Crippen molar-refractivity contribution in [1.82, 2.24) is 28.8 Å². The van der Waals surface area contributed by atoms with Gasteiger partial charge in [0, 0.05) is 106 Å². The Bertz CT molecular complexity index is 3050. The molecule has 4 aliphatic heterocycles. The highest BCUT2D eigenvalue weighted by Gasteiger charge is 2.36. The van der Waals surface area contributed by atoms with E-state index in [0.29, 0.717) is 84.0 Å². The van der Waals surface area contributed by atoms with Gasteiger partial charge in [-0.25, -0.2) is 4.98 Å². The number of ether oxygens (including phenoxy) is 2.